The fourth-order valence-electron chi connectivity index (χ4n) is 2.47. The fourth-order valence-corrected chi connectivity index (χ4v) is 3.40. The SMILES string of the molecule is CC(=O)NC1CCN(c2ccc(N)cc2S(C)(=O)=O)C1. The molecule has 0 spiro atoms. The average Bonchev–Trinajstić information content (AvgIpc) is 2.75. The van der Waals surface area contributed by atoms with Crippen molar-refractivity contribution in [3.8, 4) is 0 Å². The molecule has 1 aliphatic heterocycles. The van der Waals surface area contributed by atoms with Crippen molar-refractivity contribution in [3.63, 3.8) is 0 Å². The molecule has 1 aromatic rings. The van der Waals surface area contributed by atoms with Crippen molar-refractivity contribution in [3.05, 3.63) is 18.2 Å². The number of nitrogen functional groups attached to an aromatic ring is 1. The molecular formula is C13H19N3O3S. The Hall–Kier alpha value is -1.76. The van der Waals surface area contributed by atoms with Crippen molar-refractivity contribution in [2.24, 2.45) is 0 Å². The lowest BCUT2D eigenvalue weighted by Crippen LogP contribution is -2.35. The first-order chi connectivity index (χ1) is 9.27. The van der Waals surface area contributed by atoms with Crippen LogP contribution in [0.15, 0.2) is 23.1 Å². The van der Waals surface area contributed by atoms with E-state index in [0.29, 0.717) is 24.5 Å². The summed E-state index contributed by atoms with van der Waals surface area (Å²) in [7, 11) is -3.34. The van der Waals surface area contributed by atoms with E-state index < -0.39 is 9.84 Å². The summed E-state index contributed by atoms with van der Waals surface area (Å²) in [4.78, 5) is 13.3. The van der Waals surface area contributed by atoms with Crippen LogP contribution in [0.3, 0.4) is 0 Å². The van der Waals surface area contributed by atoms with Gasteiger partial charge < -0.3 is 16.0 Å². The Bertz CT molecular complexity index is 628. The topological polar surface area (TPSA) is 92.5 Å². The van der Waals surface area contributed by atoms with E-state index in [2.05, 4.69) is 5.32 Å². The van der Waals surface area contributed by atoms with Crippen LogP contribution < -0.4 is 16.0 Å². The third-order valence-electron chi connectivity index (χ3n) is 3.32. The maximum Gasteiger partial charge on any atom is 0.217 e. The van der Waals surface area contributed by atoms with Crippen molar-refractivity contribution in [1.29, 1.82) is 0 Å². The summed E-state index contributed by atoms with van der Waals surface area (Å²) in [6.45, 7) is 2.79. The Labute approximate surface area is 118 Å². The number of hydrogen-bond acceptors (Lipinski definition) is 5. The number of carbonyl (C=O) groups excluding carboxylic acids is 1. The Morgan fingerprint density at radius 1 is 1.45 bits per heavy atom. The van der Waals surface area contributed by atoms with Crippen LogP contribution in [0.1, 0.15) is 13.3 Å². The number of benzene rings is 1. The predicted molar refractivity (Wildman–Crippen MR) is 78.4 cm³/mol. The van der Waals surface area contributed by atoms with Crippen molar-refractivity contribution in [1.82, 2.24) is 5.32 Å². The van der Waals surface area contributed by atoms with Crippen LogP contribution in [0.4, 0.5) is 11.4 Å². The van der Waals surface area contributed by atoms with Crippen molar-refractivity contribution >= 4 is 27.1 Å². The molecule has 1 saturated heterocycles. The van der Waals surface area contributed by atoms with Gasteiger partial charge in [-0.05, 0) is 24.6 Å². The van der Waals surface area contributed by atoms with Gasteiger partial charge in [-0.3, -0.25) is 4.79 Å². The molecule has 0 saturated carbocycles. The number of hydrogen-bond donors (Lipinski definition) is 2. The highest BCUT2D eigenvalue weighted by molar-refractivity contribution is 7.90. The number of sulfone groups is 1. The van der Waals surface area contributed by atoms with Crippen LogP contribution in [0.25, 0.3) is 0 Å². The summed E-state index contributed by atoms with van der Waals surface area (Å²) in [6.07, 6.45) is 1.97. The first kappa shape index (κ1) is 14.6. The van der Waals surface area contributed by atoms with Gasteiger partial charge in [-0.2, -0.15) is 0 Å². The van der Waals surface area contributed by atoms with Crippen LogP contribution in [0.5, 0.6) is 0 Å². The third-order valence-corrected chi connectivity index (χ3v) is 4.45. The smallest absolute Gasteiger partial charge is 0.217 e. The van der Waals surface area contributed by atoms with E-state index in [1.54, 1.807) is 12.1 Å². The molecule has 3 N–H and O–H groups in total. The van der Waals surface area contributed by atoms with Crippen LogP contribution in [0, 0.1) is 0 Å². The van der Waals surface area contributed by atoms with E-state index in [1.165, 1.54) is 19.2 Å². The number of carbonyl (C=O) groups is 1. The number of nitrogens with zero attached hydrogens (tertiary/aromatic N) is 1. The third kappa shape index (κ3) is 3.22. The lowest BCUT2D eigenvalue weighted by molar-refractivity contribution is -0.119. The Morgan fingerprint density at radius 2 is 2.15 bits per heavy atom. The molecule has 20 heavy (non-hydrogen) atoms. The maximum absolute atomic E-state index is 11.9. The van der Waals surface area contributed by atoms with Crippen LogP contribution in [0.2, 0.25) is 0 Å². The second kappa shape index (κ2) is 5.32. The highest BCUT2D eigenvalue weighted by atomic mass is 32.2. The zero-order valence-electron chi connectivity index (χ0n) is 11.6. The molecular weight excluding hydrogens is 278 g/mol. The summed E-state index contributed by atoms with van der Waals surface area (Å²) in [6, 6.07) is 4.95. The summed E-state index contributed by atoms with van der Waals surface area (Å²) >= 11 is 0. The first-order valence-electron chi connectivity index (χ1n) is 6.39. The molecule has 1 fully saturated rings. The van der Waals surface area contributed by atoms with Crippen LogP contribution in [-0.4, -0.2) is 39.7 Å². The standard InChI is InChI=1S/C13H19N3O3S/c1-9(17)15-11-5-6-16(8-11)12-4-3-10(14)7-13(12)20(2,18)19/h3-4,7,11H,5-6,8,14H2,1-2H3,(H,15,17). The van der Waals surface area contributed by atoms with E-state index in [4.69, 9.17) is 5.73 Å². The normalized spacial score (nSPS) is 19.1. The van der Waals surface area contributed by atoms with E-state index >= 15 is 0 Å². The lowest BCUT2D eigenvalue weighted by Gasteiger charge is -2.21. The monoisotopic (exact) mass is 297 g/mol. The Balaban J connectivity index is 2.28. The molecule has 1 atom stereocenters. The molecule has 1 heterocycles. The van der Waals surface area contributed by atoms with E-state index in [1.807, 2.05) is 4.90 Å². The van der Waals surface area contributed by atoms with Gasteiger partial charge in [-0.1, -0.05) is 0 Å². The van der Waals surface area contributed by atoms with Crippen molar-refractivity contribution in [2.75, 3.05) is 30.0 Å². The molecule has 2 rings (SSSR count). The molecule has 1 aromatic carbocycles. The first-order valence-corrected chi connectivity index (χ1v) is 8.28. The van der Waals surface area contributed by atoms with E-state index in [9.17, 15) is 13.2 Å². The lowest BCUT2D eigenvalue weighted by atomic mass is 10.2. The Kier molecular flexibility index (Phi) is 3.89. The van der Waals surface area contributed by atoms with E-state index in [-0.39, 0.29) is 16.8 Å². The quantitative estimate of drug-likeness (QED) is 0.787. The summed E-state index contributed by atoms with van der Waals surface area (Å²) in [5.41, 5.74) is 6.75. The van der Waals surface area contributed by atoms with Crippen LogP contribution >= 0.6 is 0 Å². The minimum absolute atomic E-state index is 0.0532. The molecule has 1 aliphatic rings. The molecule has 7 heteroatoms. The molecule has 0 aromatic heterocycles. The van der Waals surface area contributed by atoms with Gasteiger partial charge in [0, 0.05) is 38.0 Å². The molecule has 1 amide bonds. The average molecular weight is 297 g/mol. The van der Waals surface area contributed by atoms with Gasteiger partial charge in [0.1, 0.15) is 0 Å². The molecule has 0 radical (unpaired) electrons. The molecule has 1 unspecified atom stereocenters. The van der Waals surface area contributed by atoms with Gasteiger partial charge in [0.2, 0.25) is 5.91 Å². The molecule has 0 aliphatic carbocycles. The van der Waals surface area contributed by atoms with E-state index in [0.717, 1.165) is 6.42 Å². The zero-order valence-corrected chi connectivity index (χ0v) is 12.4. The number of nitrogens with one attached hydrogen (secondary N) is 1. The minimum atomic E-state index is -3.34. The van der Waals surface area contributed by atoms with Gasteiger partial charge in [0.05, 0.1) is 10.6 Å². The molecule has 110 valence electrons. The summed E-state index contributed by atoms with van der Waals surface area (Å²) < 4.78 is 23.7. The number of nitrogens with two attached hydrogens (primary N) is 1. The molecule has 0 bridgehead atoms. The van der Waals surface area contributed by atoms with Crippen LogP contribution in [-0.2, 0) is 14.6 Å². The number of anilines is 2. The van der Waals surface area contributed by atoms with Gasteiger partial charge in [0.15, 0.2) is 9.84 Å². The van der Waals surface area contributed by atoms with Gasteiger partial charge in [-0.25, -0.2) is 8.42 Å². The fraction of sp³-hybridized carbons (Fsp3) is 0.462. The largest absolute Gasteiger partial charge is 0.399 e. The van der Waals surface area contributed by atoms with Gasteiger partial charge in [-0.15, -0.1) is 0 Å². The maximum atomic E-state index is 11.9. The number of amides is 1. The number of rotatable bonds is 3. The highest BCUT2D eigenvalue weighted by Gasteiger charge is 2.26. The summed E-state index contributed by atoms with van der Waals surface area (Å²) in [5.74, 6) is -0.0718. The van der Waals surface area contributed by atoms with Crippen molar-refractivity contribution in [2.45, 2.75) is 24.3 Å². The highest BCUT2D eigenvalue weighted by Crippen LogP contribution is 2.30. The van der Waals surface area contributed by atoms with Gasteiger partial charge >= 0.3 is 0 Å². The van der Waals surface area contributed by atoms with Gasteiger partial charge in [0.25, 0.3) is 0 Å². The zero-order chi connectivity index (χ0) is 14.9. The summed E-state index contributed by atoms with van der Waals surface area (Å²) in [5, 5.41) is 2.86. The Morgan fingerprint density at radius 3 is 2.75 bits per heavy atom. The minimum Gasteiger partial charge on any atom is -0.399 e. The van der Waals surface area contributed by atoms with Crippen molar-refractivity contribution < 1.29 is 13.2 Å². The second-order valence-electron chi connectivity index (χ2n) is 5.13. The predicted octanol–water partition coefficient (Wildman–Crippen LogP) is 0.387. The second-order valence-corrected chi connectivity index (χ2v) is 7.12. The molecule has 6 nitrogen and oxygen atoms in total.